The van der Waals surface area contributed by atoms with Crippen LogP contribution < -0.4 is 10.1 Å². The zero-order valence-electron chi connectivity index (χ0n) is 11.7. The van der Waals surface area contributed by atoms with Gasteiger partial charge in [0.1, 0.15) is 5.75 Å². The monoisotopic (exact) mass is 267 g/mol. The van der Waals surface area contributed by atoms with Crippen LogP contribution in [0.2, 0.25) is 0 Å². The van der Waals surface area contributed by atoms with E-state index in [0.29, 0.717) is 6.04 Å². The van der Waals surface area contributed by atoms with Gasteiger partial charge in [-0.1, -0.05) is 19.1 Å². The number of thioether (sulfide) groups is 1. The maximum absolute atomic E-state index is 5.76. The Hall–Kier alpha value is -0.670. The molecular weight excluding hydrogens is 242 g/mol. The summed E-state index contributed by atoms with van der Waals surface area (Å²) in [6, 6.07) is 8.80. The summed E-state index contributed by atoms with van der Waals surface area (Å²) in [5.74, 6) is 2.15. The molecular formula is C15H25NOS. The van der Waals surface area contributed by atoms with Gasteiger partial charge < -0.3 is 10.1 Å². The quantitative estimate of drug-likeness (QED) is 0.686. The molecule has 0 heterocycles. The molecule has 102 valence electrons. The first-order chi connectivity index (χ1) is 8.77. The minimum Gasteiger partial charge on any atom is -0.494 e. The Morgan fingerprint density at radius 1 is 1.39 bits per heavy atom. The predicted octanol–water partition coefficient (Wildman–Crippen LogP) is 3.88. The Kier molecular flexibility index (Phi) is 7.94. The average Bonchev–Trinajstić information content (AvgIpc) is 2.41. The summed E-state index contributed by atoms with van der Waals surface area (Å²) in [5, 5.41) is 3.49. The van der Waals surface area contributed by atoms with Crippen molar-refractivity contribution in [3.05, 3.63) is 29.8 Å². The van der Waals surface area contributed by atoms with Gasteiger partial charge in [-0.2, -0.15) is 11.8 Å². The molecule has 1 N–H and O–H groups in total. The molecule has 0 saturated carbocycles. The van der Waals surface area contributed by atoms with Crippen molar-refractivity contribution in [1.82, 2.24) is 5.32 Å². The van der Waals surface area contributed by atoms with Crippen LogP contribution in [-0.2, 0) is 0 Å². The van der Waals surface area contributed by atoms with Crippen LogP contribution in [0.3, 0.4) is 0 Å². The lowest BCUT2D eigenvalue weighted by atomic mass is 10.1. The number of hydrogen-bond acceptors (Lipinski definition) is 3. The standard InChI is InChI=1S/C15H25NOS/c1-4-9-16-13(2)14-7-5-8-15(12-14)17-10-6-11-18-3/h5,7-8,12-13,16H,4,6,9-11H2,1-3H3. The fourth-order valence-corrected chi connectivity index (χ4v) is 2.15. The van der Waals surface area contributed by atoms with Gasteiger partial charge >= 0.3 is 0 Å². The van der Waals surface area contributed by atoms with Crippen molar-refractivity contribution in [2.45, 2.75) is 32.7 Å². The molecule has 0 aliphatic rings. The molecule has 1 unspecified atom stereocenters. The fraction of sp³-hybridized carbons (Fsp3) is 0.600. The van der Waals surface area contributed by atoms with E-state index in [2.05, 4.69) is 43.6 Å². The minimum absolute atomic E-state index is 0.389. The van der Waals surface area contributed by atoms with E-state index in [1.807, 2.05) is 17.8 Å². The summed E-state index contributed by atoms with van der Waals surface area (Å²) in [6.45, 7) is 6.24. The van der Waals surface area contributed by atoms with Gasteiger partial charge in [0.15, 0.2) is 0 Å². The third-order valence-electron chi connectivity index (χ3n) is 2.82. The number of benzene rings is 1. The van der Waals surface area contributed by atoms with Crippen molar-refractivity contribution in [2.75, 3.05) is 25.2 Å². The highest BCUT2D eigenvalue weighted by molar-refractivity contribution is 7.98. The first-order valence-corrected chi connectivity index (χ1v) is 8.12. The molecule has 0 bridgehead atoms. The average molecular weight is 267 g/mol. The van der Waals surface area contributed by atoms with Crippen LogP contribution in [0.25, 0.3) is 0 Å². The van der Waals surface area contributed by atoms with Crippen LogP contribution in [0.4, 0.5) is 0 Å². The highest BCUT2D eigenvalue weighted by atomic mass is 32.2. The molecule has 1 aromatic rings. The molecule has 0 fully saturated rings. The van der Waals surface area contributed by atoms with E-state index < -0.39 is 0 Å². The SMILES string of the molecule is CCCNC(C)c1cccc(OCCCSC)c1. The lowest BCUT2D eigenvalue weighted by Crippen LogP contribution is -2.19. The summed E-state index contributed by atoms with van der Waals surface area (Å²) in [7, 11) is 0. The maximum Gasteiger partial charge on any atom is 0.119 e. The summed E-state index contributed by atoms with van der Waals surface area (Å²) in [6.07, 6.45) is 4.39. The molecule has 0 spiro atoms. The molecule has 0 amide bonds. The van der Waals surface area contributed by atoms with Crippen molar-refractivity contribution >= 4 is 11.8 Å². The first-order valence-electron chi connectivity index (χ1n) is 6.73. The van der Waals surface area contributed by atoms with E-state index in [4.69, 9.17) is 4.74 Å². The highest BCUT2D eigenvalue weighted by Gasteiger charge is 2.05. The third-order valence-corrected chi connectivity index (χ3v) is 3.52. The lowest BCUT2D eigenvalue weighted by molar-refractivity contribution is 0.318. The van der Waals surface area contributed by atoms with Gasteiger partial charge in [-0.05, 0) is 56.0 Å². The summed E-state index contributed by atoms with van der Waals surface area (Å²) in [5.41, 5.74) is 1.30. The number of ether oxygens (including phenoxy) is 1. The Morgan fingerprint density at radius 2 is 2.22 bits per heavy atom. The van der Waals surface area contributed by atoms with Crippen molar-refractivity contribution < 1.29 is 4.74 Å². The Morgan fingerprint density at radius 3 is 2.94 bits per heavy atom. The van der Waals surface area contributed by atoms with Crippen LogP contribution in [0.1, 0.15) is 38.3 Å². The van der Waals surface area contributed by atoms with Crippen LogP contribution in [0.15, 0.2) is 24.3 Å². The van der Waals surface area contributed by atoms with Crippen molar-refractivity contribution in [3.8, 4) is 5.75 Å². The fourth-order valence-electron chi connectivity index (χ4n) is 1.75. The number of nitrogens with one attached hydrogen (secondary N) is 1. The van der Waals surface area contributed by atoms with Crippen LogP contribution in [0.5, 0.6) is 5.75 Å². The molecule has 2 nitrogen and oxygen atoms in total. The second-order valence-corrected chi connectivity index (χ2v) is 5.43. The van der Waals surface area contributed by atoms with Crippen molar-refractivity contribution in [2.24, 2.45) is 0 Å². The largest absolute Gasteiger partial charge is 0.494 e. The first kappa shape index (κ1) is 15.4. The van der Waals surface area contributed by atoms with Gasteiger partial charge in [0.2, 0.25) is 0 Å². The van der Waals surface area contributed by atoms with Crippen LogP contribution in [0, 0.1) is 0 Å². The normalized spacial score (nSPS) is 12.4. The van der Waals surface area contributed by atoms with Gasteiger partial charge in [-0.3, -0.25) is 0 Å². The predicted molar refractivity (Wildman–Crippen MR) is 81.6 cm³/mol. The summed E-state index contributed by atoms with van der Waals surface area (Å²) >= 11 is 1.86. The van der Waals surface area contributed by atoms with Gasteiger partial charge in [-0.15, -0.1) is 0 Å². The molecule has 0 aromatic heterocycles. The second kappa shape index (κ2) is 9.29. The highest BCUT2D eigenvalue weighted by Crippen LogP contribution is 2.19. The molecule has 1 atom stereocenters. The second-order valence-electron chi connectivity index (χ2n) is 4.44. The Balaban J connectivity index is 2.45. The van der Waals surface area contributed by atoms with Crippen molar-refractivity contribution in [3.63, 3.8) is 0 Å². The molecule has 0 aliphatic heterocycles. The molecule has 3 heteroatoms. The molecule has 18 heavy (non-hydrogen) atoms. The van der Waals surface area contributed by atoms with Gasteiger partial charge in [-0.25, -0.2) is 0 Å². The molecule has 0 aliphatic carbocycles. The van der Waals surface area contributed by atoms with E-state index in [1.165, 1.54) is 5.56 Å². The van der Waals surface area contributed by atoms with Crippen LogP contribution in [-0.4, -0.2) is 25.2 Å². The number of rotatable bonds is 9. The van der Waals surface area contributed by atoms with Crippen LogP contribution >= 0.6 is 11.8 Å². The maximum atomic E-state index is 5.76. The van der Waals surface area contributed by atoms with Gasteiger partial charge in [0.05, 0.1) is 6.61 Å². The van der Waals surface area contributed by atoms with Crippen molar-refractivity contribution in [1.29, 1.82) is 0 Å². The topological polar surface area (TPSA) is 21.3 Å². The van der Waals surface area contributed by atoms with Gasteiger partial charge in [0.25, 0.3) is 0 Å². The minimum atomic E-state index is 0.389. The summed E-state index contributed by atoms with van der Waals surface area (Å²) < 4.78 is 5.76. The van der Waals surface area contributed by atoms with E-state index in [1.54, 1.807) is 0 Å². The van der Waals surface area contributed by atoms with E-state index in [9.17, 15) is 0 Å². The van der Waals surface area contributed by atoms with E-state index in [0.717, 1.165) is 37.5 Å². The smallest absolute Gasteiger partial charge is 0.119 e. The van der Waals surface area contributed by atoms with Gasteiger partial charge in [0, 0.05) is 6.04 Å². The zero-order chi connectivity index (χ0) is 13.2. The van der Waals surface area contributed by atoms with E-state index >= 15 is 0 Å². The molecule has 1 rings (SSSR count). The number of hydrogen-bond donors (Lipinski definition) is 1. The van der Waals surface area contributed by atoms with E-state index in [-0.39, 0.29) is 0 Å². The third kappa shape index (κ3) is 5.78. The summed E-state index contributed by atoms with van der Waals surface area (Å²) in [4.78, 5) is 0. The molecule has 0 radical (unpaired) electrons. The Labute approximate surface area is 116 Å². The zero-order valence-corrected chi connectivity index (χ0v) is 12.6. The lowest BCUT2D eigenvalue weighted by Gasteiger charge is -2.15. The molecule has 0 saturated heterocycles. The molecule has 1 aromatic carbocycles. The Bertz CT molecular complexity index is 330.